The summed E-state index contributed by atoms with van der Waals surface area (Å²) in [5.41, 5.74) is 2.68. The average Bonchev–Trinajstić information content (AvgIpc) is 2.21. The summed E-state index contributed by atoms with van der Waals surface area (Å²) in [4.78, 5) is 0. The first-order chi connectivity index (χ1) is 6.79. The smallest absolute Gasteiger partial charge is 0.0184 e. The van der Waals surface area contributed by atoms with Crippen molar-refractivity contribution < 1.29 is 0 Å². The van der Waals surface area contributed by atoms with Crippen molar-refractivity contribution in [2.75, 3.05) is 0 Å². The fourth-order valence-electron chi connectivity index (χ4n) is 1.15. The van der Waals surface area contributed by atoms with Gasteiger partial charge in [0, 0.05) is 0 Å². The minimum absolute atomic E-state index is 1.34. The van der Waals surface area contributed by atoms with Crippen LogP contribution in [0.4, 0.5) is 0 Å². The molecule has 0 fully saturated rings. The SMILES string of the molecule is Cc1cccc(C)c1.[c]1ccccc1. The second kappa shape index (κ2) is 5.98. The van der Waals surface area contributed by atoms with E-state index >= 15 is 0 Å². The lowest BCUT2D eigenvalue weighted by Crippen LogP contribution is -1.71. The van der Waals surface area contributed by atoms with Gasteiger partial charge in [0.1, 0.15) is 0 Å². The zero-order valence-electron chi connectivity index (χ0n) is 8.70. The van der Waals surface area contributed by atoms with Gasteiger partial charge in [0.2, 0.25) is 0 Å². The highest BCUT2D eigenvalue weighted by Crippen LogP contribution is 2.00. The Morgan fingerprint density at radius 3 is 1.57 bits per heavy atom. The molecule has 0 unspecified atom stereocenters. The van der Waals surface area contributed by atoms with E-state index in [1.54, 1.807) is 0 Å². The zero-order valence-corrected chi connectivity index (χ0v) is 8.70. The third-order valence-electron chi connectivity index (χ3n) is 1.78. The highest BCUT2D eigenvalue weighted by molar-refractivity contribution is 5.20. The monoisotopic (exact) mass is 183 g/mol. The maximum absolute atomic E-state index is 2.89. The molecule has 0 aromatic heterocycles. The first-order valence-electron chi connectivity index (χ1n) is 4.73. The number of benzene rings is 2. The third kappa shape index (κ3) is 4.46. The van der Waals surface area contributed by atoms with Crippen LogP contribution in [-0.2, 0) is 0 Å². The lowest BCUT2D eigenvalue weighted by molar-refractivity contribution is 1.39. The molecule has 0 heteroatoms. The van der Waals surface area contributed by atoms with Gasteiger partial charge >= 0.3 is 0 Å². The molecule has 0 bridgehead atoms. The summed E-state index contributed by atoms with van der Waals surface area (Å²) in [6.45, 7) is 4.21. The van der Waals surface area contributed by atoms with Crippen LogP contribution >= 0.6 is 0 Å². The third-order valence-corrected chi connectivity index (χ3v) is 1.78. The van der Waals surface area contributed by atoms with Gasteiger partial charge in [0.15, 0.2) is 0 Å². The van der Waals surface area contributed by atoms with E-state index < -0.39 is 0 Å². The van der Waals surface area contributed by atoms with Crippen LogP contribution in [0.15, 0.2) is 54.6 Å². The minimum Gasteiger partial charge on any atom is -0.0622 e. The van der Waals surface area contributed by atoms with E-state index in [-0.39, 0.29) is 0 Å². The van der Waals surface area contributed by atoms with Crippen molar-refractivity contribution >= 4 is 0 Å². The molecule has 0 N–H and O–H groups in total. The van der Waals surface area contributed by atoms with Crippen molar-refractivity contribution in [2.24, 2.45) is 0 Å². The van der Waals surface area contributed by atoms with E-state index in [2.05, 4.69) is 44.2 Å². The molecule has 0 saturated carbocycles. The number of aryl methyl sites for hydroxylation is 2. The van der Waals surface area contributed by atoms with Gasteiger partial charge in [-0.3, -0.25) is 0 Å². The molecule has 0 atom stereocenters. The summed E-state index contributed by atoms with van der Waals surface area (Å²) in [6, 6.07) is 20.9. The van der Waals surface area contributed by atoms with Crippen molar-refractivity contribution in [1.82, 2.24) is 0 Å². The summed E-state index contributed by atoms with van der Waals surface area (Å²) < 4.78 is 0. The highest BCUT2D eigenvalue weighted by Gasteiger charge is 1.80. The number of hydrogen-bond acceptors (Lipinski definition) is 0. The Morgan fingerprint density at radius 1 is 0.786 bits per heavy atom. The predicted molar refractivity (Wildman–Crippen MR) is 61.2 cm³/mol. The van der Waals surface area contributed by atoms with Crippen LogP contribution in [0.3, 0.4) is 0 Å². The summed E-state index contributed by atoms with van der Waals surface area (Å²) >= 11 is 0. The molecule has 1 radical (unpaired) electrons. The fourth-order valence-corrected chi connectivity index (χ4v) is 1.15. The standard InChI is InChI=1S/C8H10.C6H5/c1-7-4-3-5-8(2)6-7;1-2-4-6-5-3-1/h3-6H,1-2H3;1-5H. The Labute approximate surface area is 86.2 Å². The van der Waals surface area contributed by atoms with Crippen LogP contribution in [0, 0.1) is 19.9 Å². The molecule has 0 spiro atoms. The van der Waals surface area contributed by atoms with Gasteiger partial charge in [-0.1, -0.05) is 65.7 Å². The van der Waals surface area contributed by atoms with Crippen LogP contribution in [-0.4, -0.2) is 0 Å². The summed E-state index contributed by atoms with van der Waals surface area (Å²) in [7, 11) is 0. The second-order valence-electron chi connectivity index (χ2n) is 3.24. The lowest BCUT2D eigenvalue weighted by atomic mass is 10.2. The van der Waals surface area contributed by atoms with Crippen LogP contribution < -0.4 is 0 Å². The first kappa shape index (κ1) is 10.5. The van der Waals surface area contributed by atoms with Gasteiger partial charge in [0.05, 0.1) is 0 Å². The summed E-state index contributed by atoms with van der Waals surface area (Å²) in [6.07, 6.45) is 0. The van der Waals surface area contributed by atoms with Crippen LogP contribution in [0.2, 0.25) is 0 Å². The molecule has 0 nitrogen and oxygen atoms in total. The first-order valence-corrected chi connectivity index (χ1v) is 4.73. The average molecular weight is 183 g/mol. The number of hydrogen-bond donors (Lipinski definition) is 0. The maximum Gasteiger partial charge on any atom is -0.0184 e. The van der Waals surface area contributed by atoms with Crippen molar-refractivity contribution in [3.05, 3.63) is 71.8 Å². The van der Waals surface area contributed by atoms with E-state index in [4.69, 9.17) is 0 Å². The Hall–Kier alpha value is -1.56. The van der Waals surface area contributed by atoms with E-state index in [1.807, 2.05) is 30.3 Å². The summed E-state index contributed by atoms with van der Waals surface area (Å²) in [5, 5.41) is 0. The Morgan fingerprint density at radius 2 is 1.36 bits per heavy atom. The molecule has 0 amide bonds. The van der Waals surface area contributed by atoms with E-state index in [9.17, 15) is 0 Å². The Kier molecular flexibility index (Phi) is 4.49. The quantitative estimate of drug-likeness (QED) is 0.583. The molecule has 2 aromatic rings. The van der Waals surface area contributed by atoms with Gasteiger partial charge < -0.3 is 0 Å². The van der Waals surface area contributed by atoms with Gasteiger partial charge in [0.25, 0.3) is 0 Å². The molecular weight excluding hydrogens is 168 g/mol. The maximum atomic E-state index is 2.89. The van der Waals surface area contributed by atoms with Gasteiger partial charge in [-0.2, -0.15) is 0 Å². The minimum atomic E-state index is 1.34. The Balaban J connectivity index is 0.000000146. The molecule has 0 saturated heterocycles. The van der Waals surface area contributed by atoms with Crippen molar-refractivity contribution in [2.45, 2.75) is 13.8 Å². The van der Waals surface area contributed by atoms with Gasteiger partial charge in [-0.05, 0) is 19.9 Å². The topological polar surface area (TPSA) is 0 Å². The summed E-state index contributed by atoms with van der Waals surface area (Å²) in [5.74, 6) is 0. The zero-order chi connectivity index (χ0) is 10.2. The van der Waals surface area contributed by atoms with Crippen molar-refractivity contribution in [1.29, 1.82) is 0 Å². The molecular formula is C14H15. The molecule has 2 aromatic carbocycles. The van der Waals surface area contributed by atoms with Crippen molar-refractivity contribution in [3.63, 3.8) is 0 Å². The molecule has 0 aliphatic rings. The fraction of sp³-hybridized carbons (Fsp3) is 0.143. The van der Waals surface area contributed by atoms with Crippen molar-refractivity contribution in [3.8, 4) is 0 Å². The van der Waals surface area contributed by atoms with Crippen LogP contribution in [0.1, 0.15) is 11.1 Å². The normalized spacial score (nSPS) is 8.71. The van der Waals surface area contributed by atoms with E-state index in [0.717, 1.165) is 0 Å². The van der Waals surface area contributed by atoms with E-state index in [1.165, 1.54) is 11.1 Å². The molecule has 0 heterocycles. The Bertz CT molecular complexity index is 305. The van der Waals surface area contributed by atoms with Gasteiger partial charge in [-0.25, -0.2) is 0 Å². The van der Waals surface area contributed by atoms with Crippen LogP contribution in [0.5, 0.6) is 0 Å². The number of rotatable bonds is 0. The largest absolute Gasteiger partial charge is 0.0622 e. The van der Waals surface area contributed by atoms with Gasteiger partial charge in [-0.15, -0.1) is 0 Å². The van der Waals surface area contributed by atoms with E-state index in [0.29, 0.717) is 0 Å². The molecule has 71 valence electrons. The molecule has 14 heavy (non-hydrogen) atoms. The van der Waals surface area contributed by atoms with Crippen LogP contribution in [0.25, 0.3) is 0 Å². The second-order valence-corrected chi connectivity index (χ2v) is 3.24. The predicted octanol–water partition coefficient (Wildman–Crippen LogP) is 3.79. The molecule has 0 aliphatic heterocycles. The molecule has 2 rings (SSSR count). The molecule has 0 aliphatic carbocycles. The lowest BCUT2D eigenvalue weighted by Gasteiger charge is -1.90. The highest BCUT2D eigenvalue weighted by atomic mass is 13.9.